The number of carbonyl (C=O) groups excluding carboxylic acids is 2. The van der Waals surface area contributed by atoms with Crippen molar-refractivity contribution in [3.63, 3.8) is 0 Å². The first-order valence-corrected chi connectivity index (χ1v) is 14.2. The summed E-state index contributed by atoms with van der Waals surface area (Å²) in [6, 6.07) is 7.57. The maximum atomic E-state index is 12.8. The molecule has 1 saturated heterocycles. The Morgan fingerprint density at radius 3 is 2.88 bits per heavy atom. The van der Waals surface area contributed by atoms with Gasteiger partial charge in [-0.15, -0.1) is 0 Å². The molecule has 0 bridgehead atoms. The van der Waals surface area contributed by atoms with E-state index in [-0.39, 0.29) is 30.3 Å². The molecule has 11 nitrogen and oxygen atoms in total. The second kappa shape index (κ2) is 11.9. The third-order valence-corrected chi connectivity index (χ3v) is 8.03. The molecule has 3 N–H and O–H groups in total. The molecule has 1 aliphatic carbocycles. The fraction of sp³-hybridized carbons (Fsp3) is 0.467. The number of hydrogen-bond acceptors (Lipinski definition) is 9. The highest BCUT2D eigenvalue weighted by Crippen LogP contribution is 2.33. The second-order valence-electron chi connectivity index (χ2n) is 11.2. The van der Waals surface area contributed by atoms with Gasteiger partial charge in [0.25, 0.3) is 5.91 Å². The monoisotopic (exact) mass is 560 g/mol. The fourth-order valence-corrected chi connectivity index (χ4v) is 5.53. The van der Waals surface area contributed by atoms with E-state index in [0.717, 1.165) is 43.7 Å². The summed E-state index contributed by atoms with van der Waals surface area (Å²) in [5, 5.41) is 16.8. The Kier molecular flexibility index (Phi) is 7.89. The van der Waals surface area contributed by atoms with Crippen LogP contribution in [0.5, 0.6) is 5.75 Å². The van der Waals surface area contributed by atoms with Crippen molar-refractivity contribution in [2.45, 2.75) is 51.5 Å². The molecule has 4 heterocycles. The lowest BCUT2D eigenvalue weighted by atomic mass is 9.94. The Bertz CT molecular complexity index is 1390. The summed E-state index contributed by atoms with van der Waals surface area (Å²) in [5.41, 5.74) is 4.11. The summed E-state index contributed by atoms with van der Waals surface area (Å²) in [7, 11) is 0. The van der Waals surface area contributed by atoms with Crippen LogP contribution in [0.15, 0.2) is 47.5 Å². The van der Waals surface area contributed by atoms with Gasteiger partial charge in [-0.25, -0.2) is 9.97 Å². The fourth-order valence-electron chi connectivity index (χ4n) is 5.53. The lowest BCUT2D eigenvalue weighted by Crippen LogP contribution is -2.57. The summed E-state index contributed by atoms with van der Waals surface area (Å²) in [4.78, 5) is 37.2. The van der Waals surface area contributed by atoms with Crippen LogP contribution >= 0.6 is 0 Å². The Labute approximate surface area is 238 Å². The first-order valence-electron chi connectivity index (χ1n) is 14.2. The number of nitrogens with one attached hydrogen (secondary N) is 2. The molecule has 2 aromatic heterocycles. The van der Waals surface area contributed by atoms with Crippen molar-refractivity contribution in [1.29, 1.82) is 0 Å². The average Bonchev–Trinajstić information content (AvgIpc) is 3.68. The van der Waals surface area contributed by atoms with E-state index in [1.165, 1.54) is 17.5 Å². The van der Waals surface area contributed by atoms with Gasteiger partial charge < -0.3 is 29.8 Å². The Morgan fingerprint density at radius 2 is 2.10 bits per heavy atom. The number of pyridine rings is 1. The largest absolute Gasteiger partial charge is 0.485 e. The number of β-amino-alcohol motifs (C(OH)–C–C–N with tert-alkyl or cyclic N) is 1. The molecule has 11 heteroatoms. The number of nitrogens with zero attached hydrogens (tertiary/aromatic N) is 4. The molecule has 3 aliphatic rings. The maximum absolute atomic E-state index is 12.8. The molecule has 0 radical (unpaired) electrons. The van der Waals surface area contributed by atoms with Gasteiger partial charge in [0.05, 0.1) is 18.3 Å². The predicted octanol–water partition coefficient (Wildman–Crippen LogP) is 2.14. The van der Waals surface area contributed by atoms with E-state index in [1.54, 1.807) is 24.5 Å². The molecule has 0 spiro atoms. The van der Waals surface area contributed by atoms with Gasteiger partial charge in [0.1, 0.15) is 18.2 Å². The standard InChI is InChI=1S/C30H36N6O5/c1-19-26-7-9-35(13-22(26)4-5-27(19)40-17-25-12-31-18-41-25)16-24(37)11-33-29(38)21-6-8-32-28(10-21)34-23-14-36(15-23)30(39)20-2-3-20/h4-6,8,10,12,18,20,23-24,37H,2-3,7,9,11,13-17H2,1H3,(H,32,34)(H,33,38)/t24-/m0/s1. The molecule has 3 aromatic rings. The molecule has 1 saturated carbocycles. The van der Waals surface area contributed by atoms with Gasteiger partial charge in [0.2, 0.25) is 5.91 Å². The molecule has 216 valence electrons. The molecule has 2 aliphatic heterocycles. The molecule has 6 rings (SSSR count). The van der Waals surface area contributed by atoms with Crippen molar-refractivity contribution >= 4 is 17.6 Å². The van der Waals surface area contributed by atoms with Crippen molar-refractivity contribution in [3.8, 4) is 5.75 Å². The third kappa shape index (κ3) is 6.52. The van der Waals surface area contributed by atoms with E-state index in [1.807, 2.05) is 11.0 Å². The van der Waals surface area contributed by atoms with E-state index >= 15 is 0 Å². The molecule has 1 aromatic carbocycles. The van der Waals surface area contributed by atoms with Crippen LogP contribution in [-0.4, -0.2) is 81.6 Å². The first kappa shape index (κ1) is 27.2. The summed E-state index contributed by atoms with van der Waals surface area (Å²) in [6.45, 7) is 5.90. The van der Waals surface area contributed by atoms with Crippen LogP contribution in [-0.2, 0) is 24.4 Å². The van der Waals surface area contributed by atoms with Gasteiger partial charge in [-0.1, -0.05) is 6.07 Å². The van der Waals surface area contributed by atoms with Crippen molar-refractivity contribution in [2.75, 3.05) is 38.0 Å². The summed E-state index contributed by atoms with van der Waals surface area (Å²) < 4.78 is 11.2. The second-order valence-corrected chi connectivity index (χ2v) is 11.2. The van der Waals surface area contributed by atoms with Gasteiger partial charge >= 0.3 is 0 Å². The normalized spacial score (nSPS) is 17.9. The number of ether oxygens (including phenoxy) is 1. The zero-order valence-corrected chi connectivity index (χ0v) is 23.2. The zero-order valence-electron chi connectivity index (χ0n) is 23.2. The first-order chi connectivity index (χ1) is 19.9. The highest BCUT2D eigenvalue weighted by atomic mass is 16.5. The number of benzene rings is 1. The molecular weight excluding hydrogens is 524 g/mol. The third-order valence-electron chi connectivity index (χ3n) is 8.03. The number of aliphatic hydroxyl groups excluding tert-OH is 1. The molecule has 1 atom stereocenters. The number of oxazole rings is 1. The number of amides is 2. The predicted molar refractivity (Wildman–Crippen MR) is 150 cm³/mol. The molecule has 2 fully saturated rings. The Hall–Kier alpha value is -3.96. The number of anilines is 1. The number of carbonyl (C=O) groups is 2. The summed E-state index contributed by atoms with van der Waals surface area (Å²) in [5.74, 6) is 2.35. The van der Waals surface area contributed by atoms with Crippen molar-refractivity contribution in [3.05, 3.63) is 71.1 Å². The lowest BCUT2D eigenvalue weighted by molar-refractivity contribution is -0.136. The Balaban J connectivity index is 0.947. The van der Waals surface area contributed by atoms with Crippen LogP contribution in [0.1, 0.15) is 45.7 Å². The number of rotatable bonds is 11. The minimum atomic E-state index is -0.699. The summed E-state index contributed by atoms with van der Waals surface area (Å²) >= 11 is 0. The van der Waals surface area contributed by atoms with Gasteiger partial charge in [-0.2, -0.15) is 0 Å². The van der Waals surface area contributed by atoms with E-state index in [4.69, 9.17) is 9.15 Å². The van der Waals surface area contributed by atoms with Gasteiger partial charge in [0.15, 0.2) is 12.2 Å². The Morgan fingerprint density at radius 1 is 1.24 bits per heavy atom. The van der Waals surface area contributed by atoms with E-state index in [9.17, 15) is 14.7 Å². The van der Waals surface area contributed by atoms with Crippen LogP contribution in [0.4, 0.5) is 5.82 Å². The van der Waals surface area contributed by atoms with Gasteiger partial charge in [-0.3, -0.25) is 14.5 Å². The van der Waals surface area contributed by atoms with Crippen LogP contribution in [0.3, 0.4) is 0 Å². The van der Waals surface area contributed by atoms with Crippen LogP contribution in [0, 0.1) is 12.8 Å². The average molecular weight is 561 g/mol. The number of fused-ring (bicyclic) bond motifs is 1. The number of hydrogen-bond donors (Lipinski definition) is 3. The highest BCUT2D eigenvalue weighted by Gasteiger charge is 2.39. The number of aromatic nitrogens is 2. The topological polar surface area (TPSA) is 133 Å². The van der Waals surface area contributed by atoms with Crippen molar-refractivity contribution in [1.82, 2.24) is 25.1 Å². The highest BCUT2D eigenvalue weighted by molar-refractivity contribution is 5.94. The van der Waals surface area contributed by atoms with Gasteiger partial charge in [0, 0.05) is 56.9 Å². The maximum Gasteiger partial charge on any atom is 0.251 e. The van der Waals surface area contributed by atoms with Crippen LogP contribution in [0.2, 0.25) is 0 Å². The molecule has 2 amide bonds. The van der Waals surface area contributed by atoms with E-state index in [2.05, 4.69) is 38.5 Å². The van der Waals surface area contributed by atoms with E-state index < -0.39 is 6.10 Å². The van der Waals surface area contributed by atoms with E-state index in [0.29, 0.717) is 43.4 Å². The minimum Gasteiger partial charge on any atom is -0.485 e. The van der Waals surface area contributed by atoms with Crippen molar-refractivity contribution < 1.29 is 23.8 Å². The van der Waals surface area contributed by atoms with Crippen molar-refractivity contribution in [2.24, 2.45) is 5.92 Å². The SMILES string of the molecule is Cc1c(OCc2cnco2)ccc2c1CCN(C[C@@H](O)CNC(=O)c1ccnc(NC3CN(C(=O)C4CC4)C3)c1)C2. The van der Waals surface area contributed by atoms with Crippen LogP contribution in [0.25, 0.3) is 0 Å². The van der Waals surface area contributed by atoms with Crippen LogP contribution < -0.4 is 15.4 Å². The zero-order chi connectivity index (χ0) is 28.3. The number of likely N-dealkylation sites (tertiary alicyclic amines) is 1. The summed E-state index contributed by atoms with van der Waals surface area (Å²) in [6.07, 6.45) is 6.82. The number of aliphatic hydroxyl groups is 1. The molecule has 0 unspecified atom stereocenters. The minimum absolute atomic E-state index is 0.141. The smallest absolute Gasteiger partial charge is 0.251 e. The van der Waals surface area contributed by atoms with Gasteiger partial charge in [-0.05, 0) is 61.1 Å². The lowest BCUT2D eigenvalue weighted by Gasteiger charge is -2.40. The quantitative estimate of drug-likeness (QED) is 0.323. The molecule has 41 heavy (non-hydrogen) atoms. The molecular formula is C30H36N6O5.